The molecule has 0 amide bonds. The molecule has 0 fully saturated rings. The molecule has 3 rings (SSSR count). The molecule has 25 heavy (non-hydrogen) atoms. The van der Waals surface area contributed by atoms with Crippen LogP contribution in [-0.4, -0.2) is 23.0 Å². The van der Waals surface area contributed by atoms with Crippen molar-refractivity contribution < 1.29 is 5.02 Å². The van der Waals surface area contributed by atoms with E-state index >= 15 is 0 Å². The molecule has 2 aromatic rings. The van der Waals surface area contributed by atoms with Gasteiger partial charge in [0.1, 0.15) is 0 Å². The Kier molecular flexibility index (Phi) is 5.87. The predicted octanol–water partition coefficient (Wildman–Crippen LogP) is 4.29. The van der Waals surface area contributed by atoms with Crippen molar-refractivity contribution in [3.63, 3.8) is 0 Å². The van der Waals surface area contributed by atoms with Crippen LogP contribution >= 0.6 is 11.8 Å². The molecule has 130 valence electrons. The Morgan fingerprint density at radius 2 is 1.96 bits per heavy atom. The van der Waals surface area contributed by atoms with Crippen LogP contribution in [0, 0.1) is 0 Å². The Hall–Kier alpha value is -1.72. The van der Waals surface area contributed by atoms with Gasteiger partial charge in [-0.2, -0.15) is 5.10 Å². The summed E-state index contributed by atoms with van der Waals surface area (Å²) in [7, 11) is -0.749. The number of unbranched alkanes of at least 4 members (excludes halogenated alkanes) is 1. The average Bonchev–Trinajstić information content (AvgIpc) is 2.61. The van der Waals surface area contributed by atoms with Crippen LogP contribution in [0.5, 0.6) is 0 Å². The van der Waals surface area contributed by atoms with Gasteiger partial charge in [0.05, 0.1) is 5.71 Å². The topological polar surface area (TPSA) is 35.8 Å². The van der Waals surface area contributed by atoms with Crippen LogP contribution in [0.1, 0.15) is 45.6 Å². The van der Waals surface area contributed by atoms with Crippen LogP contribution in [0.4, 0.5) is 5.69 Å². The molecule has 2 aromatic carbocycles. The maximum Gasteiger partial charge on any atom is 0.471 e. The van der Waals surface area contributed by atoms with Crippen LogP contribution in [0.15, 0.2) is 58.5 Å². The molecule has 0 unspecified atom stereocenters. The number of fused-ring (bicyclic) bond motifs is 1. The molecule has 0 aromatic heterocycles. The summed E-state index contributed by atoms with van der Waals surface area (Å²) in [6.07, 6.45) is 3.15. The number of benzene rings is 2. The summed E-state index contributed by atoms with van der Waals surface area (Å²) >= 11 is 1.82. The van der Waals surface area contributed by atoms with Crippen molar-refractivity contribution in [2.45, 2.75) is 50.2 Å². The van der Waals surface area contributed by atoms with E-state index in [0.29, 0.717) is 5.25 Å². The number of hydrazone groups is 1. The van der Waals surface area contributed by atoms with Gasteiger partial charge in [0.15, 0.2) is 0 Å². The second kappa shape index (κ2) is 8.11. The van der Waals surface area contributed by atoms with E-state index in [0.717, 1.165) is 41.7 Å². The number of anilines is 1. The minimum Gasteiger partial charge on any atom is -0.427 e. The quantitative estimate of drug-likeness (QED) is 0.622. The van der Waals surface area contributed by atoms with Gasteiger partial charge in [0.2, 0.25) is 0 Å². The highest BCUT2D eigenvalue weighted by molar-refractivity contribution is 7.99. The van der Waals surface area contributed by atoms with Crippen LogP contribution < -0.4 is 10.4 Å². The third-order valence-electron chi connectivity index (χ3n) is 4.23. The van der Waals surface area contributed by atoms with Crippen molar-refractivity contribution in [2.24, 2.45) is 5.10 Å². The number of thioether (sulfide) groups is 1. The van der Waals surface area contributed by atoms with Crippen molar-refractivity contribution in [3.05, 3.63) is 54.1 Å². The van der Waals surface area contributed by atoms with Crippen LogP contribution in [0.3, 0.4) is 0 Å². The highest BCUT2D eigenvalue weighted by atomic mass is 32.2. The minimum absolute atomic E-state index is 0.519. The molecule has 3 nitrogen and oxygen atoms in total. The van der Waals surface area contributed by atoms with E-state index < -0.39 is 7.05 Å². The van der Waals surface area contributed by atoms with Crippen LogP contribution in [0.25, 0.3) is 0 Å². The number of hydrogen-bond donors (Lipinski definition) is 1. The molecule has 1 aliphatic rings. The molecule has 0 spiro atoms. The maximum atomic E-state index is 10.9. The third kappa shape index (κ3) is 4.10. The molecule has 0 saturated heterocycles. The predicted molar refractivity (Wildman–Crippen MR) is 110 cm³/mol. The molecule has 0 aliphatic carbocycles. The first-order valence-electron chi connectivity index (χ1n) is 9.01. The number of nitrogens with zero attached hydrogens (tertiary/aromatic N) is 2. The zero-order valence-electron chi connectivity index (χ0n) is 15.1. The lowest BCUT2D eigenvalue weighted by molar-refractivity contribution is 0.577. The summed E-state index contributed by atoms with van der Waals surface area (Å²) in [4.78, 5) is 2.96. The fourth-order valence-electron chi connectivity index (χ4n) is 3.05. The Bertz CT molecular complexity index is 763. The standard InChI is InChI=1S/C20H25BN2OS/c1-4-5-13-20-18-11-6-7-12-19(18)21(24)23(22-20)16-9-8-10-17(14-16)25-15(2)3/h6-12,14-15,24H,4-5,13H2,1-3H3. The van der Waals surface area contributed by atoms with Gasteiger partial charge in [0, 0.05) is 15.8 Å². The highest BCUT2D eigenvalue weighted by Gasteiger charge is 2.33. The monoisotopic (exact) mass is 352 g/mol. The van der Waals surface area contributed by atoms with Gasteiger partial charge in [-0.1, -0.05) is 57.5 Å². The SMILES string of the molecule is CCCCC1=NN(c2cccc(SC(C)C)c2)B(O)c2ccccc21. The Labute approximate surface area is 155 Å². The molecule has 0 radical (unpaired) electrons. The first-order chi connectivity index (χ1) is 12.1. The summed E-state index contributed by atoms with van der Waals surface area (Å²) < 4.78 is 0. The van der Waals surface area contributed by atoms with Crippen LogP contribution in [-0.2, 0) is 0 Å². The van der Waals surface area contributed by atoms with E-state index in [1.54, 1.807) is 4.92 Å². The summed E-state index contributed by atoms with van der Waals surface area (Å²) in [5.41, 5.74) is 4.00. The first kappa shape index (κ1) is 18.1. The van der Waals surface area contributed by atoms with E-state index in [4.69, 9.17) is 5.10 Å². The lowest BCUT2D eigenvalue weighted by Gasteiger charge is -2.30. The highest BCUT2D eigenvalue weighted by Crippen LogP contribution is 2.29. The number of hydrogen-bond acceptors (Lipinski definition) is 4. The Morgan fingerprint density at radius 1 is 1.16 bits per heavy atom. The summed E-state index contributed by atoms with van der Waals surface area (Å²) in [5, 5.41) is 16.2. The average molecular weight is 352 g/mol. The molecule has 1 N–H and O–H groups in total. The first-order valence-corrected chi connectivity index (χ1v) is 9.89. The van der Waals surface area contributed by atoms with Gasteiger partial charge >= 0.3 is 7.05 Å². The van der Waals surface area contributed by atoms with Crippen molar-refractivity contribution in [3.8, 4) is 0 Å². The van der Waals surface area contributed by atoms with E-state index in [9.17, 15) is 5.02 Å². The molecular weight excluding hydrogens is 327 g/mol. The Morgan fingerprint density at radius 3 is 2.72 bits per heavy atom. The summed E-state index contributed by atoms with van der Waals surface area (Å²) in [5.74, 6) is 0. The van der Waals surface area contributed by atoms with Gasteiger partial charge in [-0.15, -0.1) is 11.8 Å². The number of rotatable bonds is 6. The second-order valence-corrected chi connectivity index (χ2v) is 8.27. The molecular formula is C20H25BN2OS. The largest absolute Gasteiger partial charge is 0.471 e. The molecule has 1 aliphatic heterocycles. The molecule has 0 saturated carbocycles. The minimum atomic E-state index is -0.749. The maximum absolute atomic E-state index is 10.9. The fraction of sp³-hybridized carbons (Fsp3) is 0.350. The van der Waals surface area contributed by atoms with Crippen molar-refractivity contribution in [2.75, 3.05) is 4.92 Å². The van der Waals surface area contributed by atoms with E-state index in [1.165, 1.54) is 4.90 Å². The molecule has 5 heteroatoms. The second-order valence-electron chi connectivity index (χ2n) is 6.62. The summed E-state index contributed by atoms with van der Waals surface area (Å²) in [6, 6.07) is 16.3. The third-order valence-corrected chi connectivity index (χ3v) is 5.23. The smallest absolute Gasteiger partial charge is 0.427 e. The lowest BCUT2D eigenvalue weighted by atomic mass is 9.68. The molecule has 1 heterocycles. The zero-order valence-corrected chi connectivity index (χ0v) is 16.0. The fourth-order valence-corrected chi connectivity index (χ4v) is 3.94. The van der Waals surface area contributed by atoms with Gasteiger partial charge in [-0.3, -0.25) is 4.92 Å². The van der Waals surface area contributed by atoms with Gasteiger partial charge in [-0.25, -0.2) is 0 Å². The van der Waals surface area contributed by atoms with Crippen LogP contribution in [0.2, 0.25) is 0 Å². The van der Waals surface area contributed by atoms with E-state index in [-0.39, 0.29) is 0 Å². The van der Waals surface area contributed by atoms with Crippen molar-refractivity contribution >= 4 is 35.7 Å². The van der Waals surface area contributed by atoms with E-state index in [2.05, 4.69) is 39.0 Å². The van der Waals surface area contributed by atoms with E-state index in [1.807, 2.05) is 42.1 Å². The van der Waals surface area contributed by atoms with Crippen molar-refractivity contribution in [1.82, 2.24) is 0 Å². The van der Waals surface area contributed by atoms with Gasteiger partial charge in [0.25, 0.3) is 0 Å². The van der Waals surface area contributed by atoms with Crippen molar-refractivity contribution in [1.29, 1.82) is 0 Å². The molecule has 0 bridgehead atoms. The zero-order chi connectivity index (χ0) is 17.8. The normalized spacial score (nSPS) is 13.9. The summed E-state index contributed by atoms with van der Waals surface area (Å²) in [6.45, 7) is 6.56. The van der Waals surface area contributed by atoms with Gasteiger partial charge in [-0.05, 0) is 42.1 Å². The Balaban J connectivity index is 1.98. The molecule has 0 atom stereocenters. The van der Waals surface area contributed by atoms with Gasteiger partial charge < -0.3 is 5.02 Å². The lowest BCUT2D eigenvalue weighted by Crippen LogP contribution is -2.51.